The van der Waals surface area contributed by atoms with Gasteiger partial charge in [0.2, 0.25) is 0 Å². The van der Waals surface area contributed by atoms with E-state index in [0.29, 0.717) is 0 Å². The van der Waals surface area contributed by atoms with E-state index in [9.17, 15) is 0 Å². The lowest BCUT2D eigenvalue weighted by Gasteiger charge is -2.25. The van der Waals surface area contributed by atoms with Gasteiger partial charge in [-0.2, -0.15) is 0 Å². The van der Waals surface area contributed by atoms with Crippen molar-refractivity contribution in [2.24, 2.45) is 0 Å². The second-order valence-corrected chi connectivity index (χ2v) is 7.23. The van der Waals surface area contributed by atoms with Crippen LogP contribution < -0.4 is 11.5 Å². The Kier molecular flexibility index (Phi) is 5.03. The highest BCUT2D eigenvalue weighted by Gasteiger charge is 2.21. The van der Waals surface area contributed by atoms with Gasteiger partial charge >= 0.3 is 0 Å². The third-order valence-corrected chi connectivity index (χ3v) is 5.78. The van der Waals surface area contributed by atoms with E-state index in [-0.39, 0.29) is 5.92 Å². The Morgan fingerprint density at radius 2 is 1.08 bits per heavy atom. The molecule has 0 atom stereocenters. The quantitative estimate of drug-likeness (QED) is 0.618. The molecule has 0 unspecified atom stereocenters. The molecular weight excluding hydrogens is 316 g/mol. The molecule has 4 N–H and O–H groups in total. The summed E-state index contributed by atoms with van der Waals surface area (Å²) in [4.78, 5) is 0. The van der Waals surface area contributed by atoms with Crippen molar-refractivity contribution in [3.05, 3.63) is 93.5 Å². The molecule has 3 aromatic rings. The Balaban J connectivity index is 2.18. The lowest BCUT2D eigenvalue weighted by Crippen LogP contribution is -2.11. The van der Waals surface area contributed by atoms with Crippen molar-refractivity contribution < 1.29 is 0 Å². The van der Waals surface area contributed by atoms with Crippen molar-refractivity contribution in [2.75, 3.05) is 11.5 Å². The van der Waals surface area contributed by atoms with Crippen molar-refractivity contribution in [1.82, 2.24) is 0 Å². The van der Waals surface area contributed by atoms with E-state index in [0.717, 1.165) is 17.8 Å². The molecule has 2 nitrogen and oxygen atoms in total. The van der Waals surface area contributed by atoms with Crippen LogP contribution in [-0.2, 0) is 6.42 Å². The molecule has 0 saturated heterocycles. The zero-order chi connectivity index (χ0) is 18.8. The predicted octanol–water partition coefficient (Wildman–Crippen LogP) is 5.46. The Morgan fingerprint density at radius 3 is 1.54 bits per heavy atom. The van der Waals surface area contributed by atoms with Crippen LogP contribution in [-0.4, -0.2) is 0 Å². The first-order valence-electron chi connectivity index (χ1n) is 9.15. The molecule has 3 aromatic carbocycles. The van der Waals surface area contributed by atoms with E-state index in [4.69, 9.17) is 11.5 Å². The van der Waals surface area contributed by atoms with Crippen LogP contribution in [0.15, 0.2) is 54.6 Å². The topological polar surface area (TPSA) is 52.0 Å². The van der Waals surface area contributed by atoms with E-state index in [1.54, 1.807) is 0 Å². The SMILES string of the molecule is Cc1c(N)ccc(C(Cc2ccccc2)c2ccc(N)c(C)c2C)c1C. The van der Waals surface area contributed by atoms with Crippen LogP contribution in [0.5, 0.6) is 0 Å². The highest BCUT2D eigenvalue weighted by atomic mass is 14.6. The summed E-state index contributed by atoms with van der Waals surface area (Å²) in [5, 5.41) is 0. The van der Waals surface area contributed by atoms with E-state index >= 15 is 0 Å². The summed E-state index contributed by atoms with van der Waals surface area (Å²) in [6.07, 6.45) is 0.954. The first-order chi connectivity index (χ1) is 12.4. The summed E-state index contributed by atoms with van der Waals surface area (Å²) >= 11 is 0. The fraction of sp³-hybridized carbons (Fsp3) is 0.250. The Labute approximate surface area is 156 Å². The first kappa shape index (κ1) is 18.1. The van der Waals surface area contributed by atoms with Gasteiger partial charge in [0.15, 0.2) is 0 Å². The van der Waals surface area contributed by atoms with Gasteiger partial charge in [-0.1, -0.05) is 42.5 Å². The molecule has 0 radical (unpaired) electrons. The van der Waals surface area contributed by atoms with Crippen LogP contribution in [0.2, 0.25) is 0 Å². The lowest BCUT2D eigenvalue weighted by atomic mass is 9.80. The number of nitrogen functional groups attached to an aromatic ring is 2. The maximum atomic E-state index is 6.14. The van der Waals surface area contributed by atoms with Crippen molar-refractivity contribution >= 4 is 11.4 Å². The highest BCUT2D eigenvalue weighted by molar-refractivity contribution is 5.58. The van der Waals surface area contributed by atoms with Gasteiger partial charge in [-0.05, 0) is 85.2 Å². The predicted molar refractivity (Wildman–Crippen MR) is 113 cm³/mol. The van der Waals surface area contributed by atoms with Gasteiger partial charge in [-0.15, -0.1) is 0 Å². The van der Waals surface area contributed by atoms with Crippen LogP contribution in [0, 0.1) is 27.7 Å². The third-order valence-electron chi connectivity index (χ3n) is 5.78. The maximum absolute atomic E-state index is 6.14. The first-order valence-corrected chi connectivity index (χ1v) is 9.15. The summed E-state index contributed by atoms with van der Waals surface area (Å²) in [7, 11) is 0. The summed E-state index contributed by atoms with van der Waals surface area (Å²) in [5.74, 6) is 0.274. The molecule has 0 heterocycles. The molecule has 3 rings (SSSR count). The second-order valence-electron chi connectivity index (χ2n) is 7.23. The molecule has 26 heavy (non-hydrogen) atoms. The molecule has 0 aliphatic heterocycles. The van der Waals surface area contributed by atoms with Gasteiger partial charge in [0.1, 0.15) is 0 Å². The molecule has 134 valence electrons. The second kappa shape index (κ2) is 7.25. The van der Waals surface area contributed by atoms with Crippen molar-refractivity contribution in [2.45, 2.75) is 40.0 Å². The monoisotopic (exact) mass is 344 g/mol. The number of hydrogen-bond acceptors (Lipinski definition) is 2. The fourth-order valence-electron chi connectivity index (χ4n) is 3.72. The molecule has 0 amide bonds. The number of anilines is 2. The molecular formula is C24H28N2. The normalized spacial score (nSPS) is 11.1. The average Bonchev–Trinajstić information content (AvgIpc) is 2.64. The van der Waals surface area contributed by atoms with Crippen molar-refractivity contribution in [3.8, 4) is 0 Å². The summed E-state index contributed by atoms with van der Waals surface area (Å²) in [6.45, 7) is 8.57. The number of nitrogens with two attached hydrogens (primary N) is 2. The maximum Gasteiger partial charge on any atom is 0.0346 e. The van der Waals surface area contributed by atoms with Crippen LogP contribution in [0.1, 0.15) is 44.9 Å². The number of hydrogen-bond donors (Lipinski definition) is 2. The largest absolute Gasteiger partial charge is 0.399 e. The lowest BCUT2D eigenvalue weighted by molar-refractivity contribution is 0.789. The standard InChI is InChI=1S/C24H28N2/c1-15-17(3)23(25)12-10-20(15)22(14-19-8-6-5-7-9-19)21-11-13-24(26)18(4)16(21)2/h5-13,22H,14,25-26H2,1-4H3. The van der Waals surface area contributed by atoms with E-state index < -0.39 is 0 Å². The van der Waals surface area contributed by atoms with E-state index in [1.165, 1.54) is 38.9 Å². The van der Waals surface area contributed by atoms with Gasteiger partial charge in [0.25, 0.3) is 0 Å². The molecule has 0 aliphatic rings. The van der Waals surface area contributed by atoms with E-state index in [2.05, 4.69) is 70.2 Å². The van der Waals surface area contributed by atoms with Gasteiger partial charge in [0.05, 0.1) is 0 Å². The average molecular weight is 345 g/mol. The Morgan fingerprint density at radius 1 is 0.615 bits per heavy atom. The fourth-order valence-corrected chi connectivity index (χ4v) is 3.72. The zero-order valence-electron chi connectivity index (χ0n) is 16.1. The summed E-state index contributed by atoms with van der Waals surface area (Å²) in [6, 6.07) is 19.1. The third kappa shape index (κ3) is 3.32. The van der Waals surface area contributed by atoms with Crippen molar-refractivity contribution in [1.29, 1.82) is 0 Å². The van der Waals surface area contributed by atoms with Gasteiger partial charge in [-0.25, -0.2) is 0 Å². The number of rotatable bonds is 4. The van der Waals surface area contributed by atoms with Crippen LogP contribution >= 0.6 is 0 Å². The number of benzene rings is 3. The van der Waals surface area contributed by atoms with Gasteiger partial charge in [-0.3, -0.25) is 0 Å². The minimum Gasteiger partial charge on any atom is -0.399 e. The molecule has 0 aromatic heterocycles. The Bertz CT molecular complexity index is 869. The summed E-state index contributed by atoms with van der Waals surface area (Å²) in [5.41, 5.74) is 22.9. The zero-order valence-corrected chi connectivity index (χ0v) is 16.1. The highest BCUT2D eigenvalue weighted by Crippen LogP contribution is 2.36. The molecule has 0 spiro atoms. The smallest absolute Gasteiger partial charge is 0.0346 e. The minimum absolute atomic E-state index is 0.274. The molecule has 0 fully saturated rings. The Hall–Kier alpha value is -2.74. The molecule has 2 heteroatoms. The van der Waals surface area contributed by atoms with Crippen molar-refractivity contribution in [3.63, 3.8) is 0 Å². The molecule has 0 bridgehead atoms. The van der Waals surface area contributed by atoms with Crippen LogP contribution in [0.3, 0.4) is 0 Å². The molecule has 0 saturated carbocycles. The van der Waals surface area contributed by atoms with Gasteiger partial charge in [0, 0.05) is 17.3 Å². The van der Waals surface area contributed by atoms with Crippen LogP contribution in [0.25, 0.3) is 0 Å². The van der Waals surface area contributed by atoms with Gasteiger partial charge < -0.3 is 11.5 Å². The van der Waals surface area contributed by atoms with E-state index in [1.807, 2.05) is 12.1 Å². The molecule has 0 aliphatic carbocycles. The minimum atomic E-state index is 0.274. The summed E-state index contributed by atoms with van der Waals surface area (Å²) < 4.78 is 0. The van der Waals surface area contributed by atoms with Crippen LogP contribution in [0.4, 0.5) is 11.4 Å².